The van der Waals surface area contributed by atoms with Gasteiger partial charge < -0.3 is 10.2 Å². The number of rotatable bonds is 3. The first-order valence-electron chi connectivity index (χ1n) is 6.65. The molecule has 0 radical (unpaired) electrons. The Kier molecular flexibility index (Phi) is 3.78. The summed E-state index contributed by atoms with van der Waals surface area (Å²) in [5.41, 5.74) is 2.82. The summed E-state index contributed by atoms with van der Waals surface area (Å²) in [5.74, 6) is 3.35. The maximum atomic E-state index is 4.63. The Hall–Kier alpha value is -1.42. The SMILES string of the molecule is CN(CC1=CCSC1)C1=NCC(c2ccccc2)N1. The van der Waals surface area contributed by atoms with Gasteiger partial charge in [-0.3, -0.25) is 4.99 Å². The fourth-order valence-electron chi connectivity index (χ4n) is 2.45. The van der Waals surface area contributed by atoms with Gasteiger partial charge in [0.25, 0.3) is 0 Å². The van der Waals surface area contributed by atoms with Crippen LogP contribution in [0.2, 0.25) is 0 Å². The minimum absolute atomic E-state index is 0.325. The Bertz CT molecular complexity index is 495. The molecule has 3 nitrogen and oxygen atoms in total. The van der Waals surface area contributed by atoms with Gasteiger partial charge in [0.15, 0.2) is 5.96 Å². The third-order valence-electron chi connectivity index (χ3n) is 3.51. The molecule has 19 heavy (non-hydrogen) atoms. The van der Waals surface area contributed by atoms with Gasteiger partial charge in [-0.2, -0.15) is 11.8 Å². The molecule has 1 aromatic rings. The summed E-state index contributed by atoms with van der Waals surface area (Å²) in [6.45, 7) is 1.82. The van der Waals surface area contributed by atoms with Crippen LogP contribution in [0.1, 0.15) is 11.6 Å². The summed E-state index contributed by atoms with van der Waals surface area (Å²) < 4.78 is 0. The van der Waals surface area contributed by atoms with Crippen molar-refractivity contribution in [1.82, 2.24) is 10.2 Å². The quantitative estimate of drug-likeness (QED) is 0.856. The minimum Gasteiger partial charge on any atom is -0.348 e. The topological polar surface area (TPSA) is 27.6 Å². The van der Waals surface area contributed by atoms with E-state index >= 15 is 0 Å². The predicted octanol–water partition coefficient (Wildman–Crippen LogP) is 2.29. The lowest BCUT2D eigenvalue weighted by Crippen LogP contribution is -2.38. The predicted molar refractivity (Wildman–Crippen MR) is 82.7 cm³/mol. The van der Waals surface area contributed by atoms with Crippen molar-refractivity contribution in [2.45, 2.75) is 6.04 Å². The zero-order valence-corrected chi connectivity index (χ0v) is 12.0. The van der Waals surface area contributed by atoms with Crippen LogP contribution in [0.4, 0.5) is 0 Å². The van der Waals surface area contributed by atoms with Crippen LogP contribution in [0.25, 0.3) is 0 Å². The molecule has 2 aliphatic rings. The molecule has 1 unspecified atom stereocenters. The monoisotopic (exact) mass is 273 g/mol. The molecule has 2 heterocycles. The molecule has 3 rings (SSSR count). The second kappa shape index (κ2) is 5.70. The third kappa shape index (κ3) is 2.95. The van der Waals surface area contributed by atoms with Gasteiger partial charge >= 0.3 is 0 Å². The normalized spacial score (nSPS) is 21.8. The molecule has 0 bridgehead atoms. The molecular weight excluding hydrogens is 254 g/mol. The van der Waals surface area contributed by atoms with Crippen LogP contribution in [0.5, 0.6) is 0 Å². The van der Waals surface area contributed by atoms with Gasteiger partial charge in [-0.05, 0) is 11.1 Å². The Balaban J connectivity index is 1.59. The fraction of sp³-hybridized carbons (Fsp3) is 0.400. The molecule has 1 N–H and O–H groups in total. The first-order chi connectivity index (χ1) is 9.33. The minimum atomic E-state index is 0.325. The molecule has 0 fully saturated rings. The Morgan fingerprint density at radius 1 is 1.37 bits per heavy atom. The maximum absolute atomic E-state index is 4.63. The van der Waals surface area contributed by atoms with E-state index in [1.54, 1.807) is 0 Å². The van der Waals surface area contributed by atoms with Crippen molar-refractivity contribution in [3.8, 4) is 0 Å². The summed E-state index contributed by atoms with van der Waals surface area (Å²) in [4.78, 5) is 6.86. The summed E-state index contributed by atoms with van der Waals surface area (Å²) >= 11 is 1.98. The van der Waals surface area contributed by atoms with Crippen LogP contribution in [0.15, 0.2) is 47.0 Å². The van der Waals surface area contributed by atoms with Crippen molar-refractivity contribution in [2.75, 3.05) is 31.6 Å². The fourth-order valence-corrected chi connectivity index (χ4v) is 3.39. The first kappa shape index (κ1) is 12.6. The van der Waals surface area contributed by atoms with Gasteiger partial charge in [0.05, 0.1) is 12.6 Å². The average Bonchev–Trinajstić information content (AvgIpc) is 3.10. The second-order valence-electron chi connectivity index (χ2n) is 5.01. The molecular formula is C15H19N3S. The van der Waals surface area contributed by atoms with Gasteiger partial charge in [0.1, 0.15) is 0 Å². The highest BCUT2D eigenvalue weighted by Gasteiger charge is 2.22. The highest BCUT2D eigenvalue weighted by molar-refractivity contribution is 7.99. The van der Waals surface area contributed by atoms with E-state index in [9.17, 15) is 0 Å². The highest BCUT2D eigenvalue weighted by atomic mass is 32.2. The van der Waals surface area contributed by atoms with E-state index in [0.717, 1.165) is 24.8 Å². The lowest BCUT2D eigenvalue weighted by atomic mass is 10.1. The lowest BCUT2D eigenvalue weighted by molar-refractivity contribution is 0.524. The van der Waals surface area contributed by atoms with Crippen molar-refractivity contribution >= 4 is 17.7 Å². The first-order valence-corrected chi connectivity index (χ1v) is 7.81. The number of benzene rings is 1. The molecule has 0 saturated heterocycles. The van der Waals surface area contributed by atoms with E-state index in [0.29, 0.717) is 6.04 Å². The zero-order chi connectivity index (χ0) is 13.1. The van der Waals surface area contributed by atoms with E-state index in [1.807, 2.05) is 11.8 Å². The van der Waals surface area contributed by atoms with E-state index in [4.69, 9.17) is 0 Å². The summed E-state index contributed by atoms with van der Waals surface area (Å²) in [7, 11) is 2.11. The molecule has 0 aromatic heterocycles. The lowest BCUT2D eigenvalue weighted by Gasteiger charge is -2.21. The zero-order valence-electron chi connectivity index (χ0n) is 11.2. The smallest absolute Gasteiger partial charge is 0.194 e. The van der Waals surface area contributed by atoms with E-state index < -0.39 is 0 Å². The highest BCUT2D eigenvalue weighted by Crippen LogP contribution is 2.20. The van der Waals surface area contributed by atoms with Crippen LogP contribution in [-0.4, -0.2) is 42.5 Å². The number of hydrogen-bond donors (Lipinski definition) is 1. The number of hydrogen-bond acceptors (Lipinski definition) is 4. The maximum Gasteiger partial charge on any atom is 0.194 e. The second-order valence-corrected chi connectivity index (χ2v) is 6.04. The molecule has 0 spiro atoms. The molecule has 4 heteroatoms. The van der Waals surface area contributed by atoms with Gasteiger partial charge in [-0.1, -0.05) is 36.4 Å². The number of nitrogens with one attached hydrogen (secondary N) is 1. The van der Waals surface area contributed by atoms with Crippen LogP contribution in [0, 0.1) is 0 Å². The van der Waals surface area contributed by atoms with Crippen LogP contribution >= 0.6 is 11.8 Å². The van der Waals surface area contributed by atoms with Crippen LogP contribution in [0.3, 0.4) is 0 Å². The van der Waals surface area contributed by atoms with Gasteiger partial charge in [0.2, 0.25) is 0 Å². The van der Waals surface area contributed by atoms with Crippen molar-refractivity contribution in [3.05, 3.63) is 47.5 Å². The number of likely N-dealkylation sites (N-methyl/N-ethyl adjacent to an activating group) is 1. The van der Waals surface area contributed by atoms with Crippen molar-refractivity contribution in [3.63, 3.8) is 0 Å². The van der Waals surface area contributed by atoms with Crippen LogP contribution < -0.4 is 5.32 Å². The van der Waals surface area contributed by atoms with Crippen molar-refractivity contribution < 1.29 is 0 Å². The van der Waals surface area contributed by atoms with Crippen molar-refractivity contribution in [1.29, 1.82) is 0 Å². The number of nitrogens with zero attached hydrogens (tertiary/aromatic N) is 2. The standard InChI is InChI=1S/C15H19N3S/c1-18(10-12-7-8-19-11-12)15-16-9-14(17-15)13-5-3-2-4-6-13/h2-7,14H,8-11H2,1H3,(H,16,17). The molecule has 0 amide bonds. The number of thioether (sulfide) groups is 1. The Morgan fingerprint density at radius 3 is 2.95 bits per heavy atom. The summed E-state index contributed by atoms with van der Waals surface area (Å²) in [6, 6.07) is 10.9. The van der Waals surface area contributed by atoms with E-state index in [1.165, 1.54) is 16.9 Å². The number of guanidine groups is 1. The van der Waals surface area contributed by atoms with E-state index in [2.05, 4.69) is 58.7 Å². The summed E-state index contributed by atoms with van der Waals surface area (Å²) in [5, 5.41) is 3.52. The molecule has 1 atom stereocenters. The van der Waals surface area contributed by atoms with E-state index in [-0.39, 0.29) is 0 Å². The molecule has 100 valence electrons. The Labute approximate surface area is 118 Å². The molecule has 0 aliphatic carbocycles. The largest absolute Gasteiger partial charge is 0.348 e. The molecule has 1 aromatic carbocycles. The Morgan fingerprint density at radius 2 is 2.21 bits per heavy atom. The molecule has 0 saturated carbocycles. The molecule has 2 aliphatic heterocycles. The van der Waals surface area contributed by atoms with Crippen LogP contribution in [-0.2, 0) is 0 Å². The third-order valence-corrected chi connectivity index (χ3v) is 4.49. The van der Waals surface area contributed by atoms with Crippen molar-refractivity contribution in [2.24, 2.45) is 4.99 Å². The summed E-state index contributed by atoms with van der Waals surface area (Å²) in [6.07, 6.45) is 2.34. The van der Waals surface area contributed by atoms with Gasteiger partial charge in [0, 0.05) is 25.1 Å². The average molecular weight is 273 g/mol. The van der Waals surface area contributed by atoms with Gasteiger partial charge in [-0.25, -0.2) is 0 Å². The number of aliphatic imine (C=N–C) groups is 1. The van der Waals surface area contributed by atoms with Gasteiger partial charge in [-0.15, -0.1) is 0 Å².